The summed E-state index contributed by atoms with van der Waals surface area (Å²) in [6.07, 6.45) is 3.21. The number of allylic oxidation sites excluding steroid dienone is 1. The summed E-state index contributed by atoms with van der Waals surface area (Å²) in [5, 5.41) is 0. The van der Waals surface area contributed by atoms with Gasteiger partial charge in [-0.05, 0) is 13.3 Å². The minimum absolute atomic E-state index is 0.236. The second-order valence-corrected chi connectivity index (χ2v) is 1.78. The molecular formula is C9H14O. The van der Waals surface area contributed by atoms with Gasteiger partial charge in [0.2, 0.25) is 0 Å². The van der Waals surface area contributed by atoms with E-state index in [1.54, 1.807) is 13.0 Å². The molecule has 0 saturated heterocycles. The Morgan fingerprint density at radius 3 is 2.10 bits per heavy atom. The molecule has 10 heavy (non-hydrogen) atoms. The van der Waals surface area contributed by atoms with Crippen LogP contribution in [0.2, 0.25) is 0 Å². The number of Topliss-reactive ketones (excluding diaryl/α,β-unsaturated/α-hetero) is 1. The third kappa shape index (κ3) is 28.4. The van der Waals surface area contributed by atoms with Gasteiger partial charge >= 0.3 is 0 Å². The van der Waals surface area contributed by atoms with Gasteiger partial charge in [0.25, 0.3) is 0 Å². The minimum atomic E-state index is 0.236. The molecule has 0 aromatic heterocycles. The van der Waals surface area contributed by atoms with Crippen LogP contribution in [-0.2, 0) is 4.79 Å². The number of hydrogen-bond donors (Lipinski definition) is 0. The van der Waals surface area contributed by atoms with Gasteiger partial charge in [-0.25, -0.2) is 0 Å². The molecule has 56 valence electrons. The summed E-state index contributed by atoms with van der Waals surface area (Å²) in [5.74, 6) is 0.236. The third-order valence-electron chi connectivity index (χ3n) is 0.701. The van der Waals surface area contributed by atoms with Gasteiger partial charge in [-0.15, -0.1) is 12.3 Å². The monoisotopic (exact) mass is 138 g/mol. The van der Waals surface area contributed by atoms with Gasteiger partial charge in [-0.2, -0.15) is 0 Å². The van der Waals surface area contributed by atoms with Gasteiger partial charge in [0.15, 0.2) is 0 Å². The van der Waals surface area contributed by atoms with E-state index < -0.39 is 0 Å². The van der Waals surface area contributed by atoms with Crippen molar-refractivity contribution in [1.29, 1.82) is 0 Å². The molecule has 0 rings (SSSR count). The average molecular weight is 138 g/mol. The van der Waals surface area contributed by atoms with Crippen molar-refractivity contribution in [3.05, 3.63) is 31.5 Å². The Labute approximate surface area is 62.8 Å². The molecule has 0 unspecified atom stereocenters. The quantitative estimate of drug-likeness (QED) is 0.432. The molecule has 0 fully saturated rings. The van der Waals surface area contributed by atoms with E-state index in [0.29, 0.717) is 6.42 Å². The van der Waals surface area contributed by atoms with E-state index in [0.717, 1.165) is 6.42 Å². The van der Waals surface area contributed by atoms with Crippen molar-refractivity contribution in [2.75, 3.05) is 0 Å². The van der Waals surface area contributed by atoms with Gasteiger partial charge in [0.05, 0.1) is 0 Å². The molecule has 0 aromatic carbocycles. The molecule has 0 atom stereocenters. The van der Waals surface area contributed by atoms with E-state index in [2.05, 4.69) is 25.5 Å². The Morgan fingerprint density at radius 1 is 1.60 bits per heavy atom. The molecule has 0 aliphatic heterocycles. The molecule has 0 aromatic rings. The summed E-state index contributed by atoms with van der Waals surface area (Å²) in [6.45, 7) is 11.3. The maximum absolute atomic E-state index is 10.2. The van der Waals surface area contributed by atoms with Crippen LogP contribution in [0.4, 0.5) is 0 Å². The molecule has 0 aliphatic rings. The van der Waals surface area contributed by atoms with Crippen LogP contribution >= 0.6 is 0 Å². The van der Waals surface area contributed by atoms with Crippen molar-refractivity contribution in [2.24, 2.45) is 0 Å². The van der Waals surface area contributed by atoms with Gasteiger partial charge in [0.1, 0.15) is 5.78 Å². The zero-order valence-electron chi connectivity index (χ0n) is 6.52. The van der Waals surface area contributed by atoms with Crippen molar-refractivity contribution in [3.63, 3.8) is 0 Å². The second-order valence-electron chi connectivity index (χ2n) is 1.78. The van der Waals surface area contributed by atoms with Crippen LogP contribution in [0.5, 0.6) is 0 Å². The molecule has 0 amide bonds. The average Bonchev–Trinajstić information content (AvgIpc) is 1.85. The van der Waals surface area contributed by atoms with Crippen LogP contribution in [0, 0.1) is 0 Å². The number of ketones is 1. The van der Waals surface area contributed by atoms with Gasteiger partial charge in [-0.3, -0.25) is 0 Å². The first-order chi connectivity index (χ1) is 4.68. The number of hydrogen-bond acceptors (Lipinski definition) is 1. The smallest absolute Gasteiger partial charge is 0.130 e. The highest BCUT2D eigenvalue weighted by Crippen LogP contribution is 1.88. The normalized spacial score (nSPS) is 6.50. The summed E-state index contributed by atoms with van der Waals surface area (Å²) in [6, 6.07) is 0. The molecule has 0 bridgehead atoms. The van der Waals surface area contributed by atoms with E-state index in [-0.39, 0.29) is 5.78 Å². The zero-order valence-corrected chi connectivity index (χ0v) is 6.52. The van der Waals surface area contributed by atoms with Crippen molar-refractivity contribution < 1.29 is 4.79 Å². The van der Waals surface area contributed by atoms with Gasteiger partial charge in [-0.1, -0.05) is 19.2 Å². The van der Waals surface area contributed by atoms with Gasteiger partial charge < -0.3 is 4.79 Å². The van der Waals surface area contributed by atoms with E-state index >= 15 is 0 Å². The highest BCUT2D eigenvalue weighted by Gasteiger charge is 1.85. The predicted octanol–water partition coefficient (Wildman–Crippen LogP) is 2.50. The van der Waals surface area contributed by atoms with Crippen LogP contribution in [-0.4, -0.2) is 5.78 Å². The summed E-state index contributed by atoms with van der Waals surface area (Å²) in [4.78, 5) is 10.2. The SMILES string of the molecule is C=C=C.C=CCCC(C)=O. The highest BCUT2D eigenvalue weighted by atomic mass is 16.1. The standard InChI is InChI=1S/C6H10O.C3H4/c1-3-4-5-6(2)7;1-3-2/h3H,1,4-5H2,2H3;1-2H2. The predicted molar refractivity (Wildman–Crippen MR) is 44.9 cm³/mol. The van der Waals surface area contributed by atoms with Crippen molar-refractivity contribution in [2.45, 2.75) is 19.8 Å². The van der Waals surface area contributed by atoms with Crippen LogP contribution in [0.25, 0.3) is 0 Å². The van der Waals surface area contributed by atoms with Crippen LogP contribution in [0.1, 0.15) is 19.8 Å². The Balaban J connectivity index is 0. The summed E-state index contributed by atoms with van der Waals surface area (Å²) in [7, 11) is 0. The van der Waals surface area contributed by atoms with Crippen molar-refractivity contribution in [3.8, 4) is 0 Å². The fourth-order valence-electron chi connectivity index (χ4n) is 0.305. The van der Waals surface area contributed by atoms with E-state index in [9.17, 15) is 4.79 Å². The van der Waals surface area contributed by atoms with E-state index in [4.69, 9.17) is 0 Å². The molecule has 0 radical (unpaired) electrons. The maximum Gasteiger partial charge on any atom is 0.130 e. The van der Waals surface area contributed by atoms with Crippen molar-refractivity contribution in [1.82, 2.24) is 0 Å². The van der Waals surface area contributed by atoms with Crippen LogP contribution < -0.4 is 0 Å². The van der Waals surface area contributed by atoms with E-state index in [1.165, 1.54) is 0 Å². The number of carbonyl (C=O) groups excluding carboxylic acids is 1. The highest BCUT2D eigenvalue weighted by molar-refractivity contribution is 5.75. The summed E-state index contributed by atoms with van der Waals surface area (Å²) < 4.78 is 0. The summed E-state index contributed by atoms with van der Waals surface area (Å²) >= 11 is 0. The zero-order chi connectivity index (χ0) is 8.41. The largest absolute Gasteiger partial charge is 0.300 e. The summed E-state index contributed by atoms with van der Waals surface area (Å²) in [5.41, 5.74) is 2.25. The lowest BCUT2D eigenvalue weighted by Crippen LogP contribution is -1.85. The lowest BCUT2D eigenvalue weighted by Gasteiger charge is -1.82. The minimum Gasteiger partial charge on any atom is -0.300 e. The first-order valence-corrected chi connectivity index (χ1v) is 3.08. The molecular weight excluding hydrogens is 124 g/mol. The maximum atomic E-state index is 10.2. The molecule has 1 heteroatoms. The number of rotatable bonds is 3. The topological polar surface area (TPSA) is 17.1 Å². The lowest BCUT2D eigenvalue weighted by molar-refractivity contribution is -0.116. The second kappa shape index (κ2) is 10.8. The lowest BCUT2D eigenvalue weighted by atomic mass is 10.2. The van der Waals surface area contributed by atoms with Crippen LogP contribution in [0.15, 0.2) is 31.5 Å². The molecule has 0 N–H and O–H groups in total. The molecule has 0 saturated carbocycles. The molecule has 0 aliphatic carbocycles. The van der Waals surface area contributed by atoms with Gasteiger partial charge in [0, 0.05) is 6.42 Å². The van der Waals surface area contributed by atoms with E-state index in [1.807, 2.05) is 0 Å². The molecule has 0 heterocycles. The van der Waals surface area contributed by atoms with Crippen molar-refractivity contribution >= 4 is 5.78 Å². The fraction of sp³-hybridized carbons (Fsp3) is 0.333. The number of carbonyl (C=O) groups is 1. The fourth-order valence-corrected chi connectivity index (χ4v) is 0.305. The molecule has 0 spiro atoms. The Hall–Kier alpha value is -1.07. The van der Waals surface area contributed by atoms with Crippen LogP contribution in [0.3, 0.4) is 0 Å². The molecule has 1 nitrogen and oxygen atoms in total. The third-order valence-corrected chi connectivity index (χ3v) is 0.701. The first kappa shape index (κ1) is 11.7. The Kier molecular flexibility index (Phi) is 12.7. The first-order valence-electron chi connectivity index (χ1n) is 3.08. The Morgan fingerprint density at radius 2 is 2.00 bits per heavy atom. The Bertz CT molecular complexity index is 128.